The molecule has 0 aliphatic carbocycles. The Morgan fingerprint density at radius 3 is 2.68 bits per heavy atom. The number of amides is 1. The second kappa shape index (κ2) is 5.05. The summed E-state index contributed by atoms with van der Waals surface area (Å²) in [6, 6.07) is 8.99. The number of nitrogens with one attached hydrogen (secondary N) is 1. The van der Waals surface area contributed by atoms with Crippen LogP contribution in [0.15, 0.2) is 36.5 Å². The topological polar surface area (TPSA) is 46.9 Å². The molecule has 0 radical (unpaired) electrons. The maximum absolute atomic E-state index is 12.0. The van der Waals surface area contributed by atoms with Crippen molar-refractivity contribution in [3.63, 3.8) is 0 Å². The van der Waals surface area contributed by atoms with Gasteiger partial charge in [0.2, 0.25) is 0 Å². The lowest BCUT2D eigenvalue weighted by Gasteiger charge is -2.19. The number of halogens is 1. The van der Waals surface area contributed by atoms with Crippen LogP contribution in [0.2, 0.25) is 5.02 Å². The SMILES string of the molecule is CC(C)(C)NC(=O)c1ccn(-c2cccc(Cl)c2)n1. The van der Waals surface area contributed by atoms with Gasteiger partial charge in [0.05, 0.1) is 5.69 Å². The number of hydrogen-bond donors (Lipinski definition) is 1. The summed E-state index contributed by atoms with van der Waals surface area (Å²) in [7, 11) is 0. The van der Waals surface area contributed by atoms with Crippen LogP contribution in [0.3, 0.4) is 0 Å². The van der Waals surface area contributed by atoms with Crippen LogP contribution < -0.4 is 5.32 Å². The molecule has 1 aromatic carbocycles. The van der Waals surface area contributed by atoms with Crippen molar-refractivity contribution in [3.8, 4) is 5.69 Å². The molecule has 1 amide bonds. The van der Waals surface area contributed by atoms with Crippen LogP contribution in [-0.4, -0.2) is 21.2 Å². The third kappa shape index (κ3) is 3.58. The maximum Gasteiger partial charge on any atom is 0.272 e. The summed E-state index contributed by atoms with van der Waals surface area (Å²) in [5.74, 6) is -0.187. The van der Waals surface area contributed by atoms with E-state index in [0.717, 1.165) is 5.69 Å². The van der Waals surface area contributed by atoms with Crippen molar-refractivity contribution < 1.29 is 4.79 Å². The molecular formula is C14H16ClN3O. The summed E-state index contributed by atoms with van der Waals surface area (Å²) in [5.41, 5.74) is 0.925. The van der Waals surface area contributed by atoms with E-state index in [1.54, 1.807) is 29.1 Å². The molecule has 100 valence electrons. The van der Waals surface area contributed by atoms with Crippen LogP contribution in [0.5, 0.6) is 0 Å². The molecule has 0 aliphatic rings. The van der Waals surface area contributed by atoms with Crippen molar-refractivity contribution in [1.82, 2.24) is 15.1 Å². The molecule has 1 aromatic heterocycles. The fourth-order valence-electron chi connectivity index (χ4n) is 1.61. The Hall–Kier alpha value is -1.81. The largest absolute Gasteiger partial charge is 0.346 e. The molecule has 0 unspecified atom stereocenters. The average molecular weight is 278 g/mol. The third-order valence-electron chi connectivity index (χ3n) is 2.38. The monoisotopic (exact) mass is 277 g/mol. The van der Waals surface area contributed by atoms with Gasteiger partial charge >= 0.3 is 0 Å². The van der Waals surface area contributed by atoms with Crippen molar-refractivity contribution in [3.05, 3.63) is 47.2 Å². The lowest BCUT2D eigenvalue weighted by molar-refractivity contribution is 0.0914. The van der Waals surface area contributed by atoms with E-state index in [2.05, 4.69) is 10.4 Å². The number of rotatable bonds is 2. The lowest BCUT2D eigenvalue weighted by Crippen LogP contribution is -2.40. The van der Waals surface area contributed by atoms with E-state index in [0.29, 0.717) is 10.7 Å². The Labute approximate surface area is 117 Å². The Morgan fingerprint density at radius 2 is 2.05 bits per heavy atom. The molecule has 4 nitrogen and oxygen atoms in total. The normalized spacial score (nSPS) is 11.4. The van der Waals surface area contributed by atoms with Gasteiger partial charge in [-0.1, -0.05) is 17.7 Å². The predicted octanol–water partition coefficient (Wildman–Crippen LogP) is 3.05. The number of hydrogen-bond acceptors (Lipinski definition) is 2. The van der Waals surface area contributed by atoms with Gasteiger partial charge in [-0.3, -0.25) is 4.79 Å². The Kier molecular flexibility index (Phi) is 3.62. The van der Waals surface area contributed by atoms with E-state index in [9.17, 15) is 4.79 Å². The molecule has 0 fully saturated rings. The highest BCUT2D eigenvalue weighted by Crippen LogP contribution is 2.14. The minimum absolute atomic E-state index is 0.187. The molecular weight excluding hydrogens is 262 g/mol. The van der Waals surface area contributed by atoms with Gasteiger partial charge in [0.25, 0.3) is 5.91 Å². The number of carbonyl (C=O) groups is 1. The van der Waals surface area contributed by atoms with Gasteiger partial charge in [-0.15, -0.1) is 0 Å². The molecule has 2 rings (SSSR count). The summed E-state index contributed by atoms with van der Waals surface area (Å²) in [6.07, 6.45) is 1.74. The van der Waals surface area contributed by atoms with Crippen molar-refractivity contribution in [1.29, 1.82) is 0 Å². The number of nitrogens with zero attached hydrogens (tertiary/aromatic N) is 2. The standard InChI is InChI=1S/C14H16ClN3O/c1-14(2,3)16-13(19)12-7-8-18(17-12)11-6-4-5-10(15)9-11/h4-9H,1-3H3,(H,16,19). The first-order chi connectivity index (χ1) is 8.85. The molecule has 1 N–H and O–H groups in total. The highest BCUT2D eigenvalue weighted by Gasteiger charge is 2.17. The van der Waals surface area contributed by atoms with Crippen LogP contribution in [0.1, 0.15) is 31.3 Å². The smallest absolute Gasteiger partial charge is 0.272 e. The molecule has 19 heavy (non-hydrogen) atoms. The summed E-state index contributed by atoms with van der Waals surface area (Å²) in [6.45, 7) is 5.79. The first-order valence-electron chi connectivity index (χ1n) is 5.99. The van der Waals surface area contributed by atoms with Gasteiger partial charge < -0.3 is 5.32 Å². The minimum atomic E-state index is -0.281. The quantitative estimate of drug-likeness (QED) is 0.917. The first-order valence-corrected chi connectivity index (χ1v) is 6.37. The van der Waals surface area contributed by atoms with Gasteiger partial charge in [0.15, 0.2) is 5.69 Å². The van der Waals surface area contributed by atoms with Crippen molar-refractivity contribution in [2.24, 2.45) is 0 Å². The van der Waals surface area contributed by atoms with Crippen LogP contribution >= 0.6 is 11.6 Å². The zero-order valence-electron chi connectivity index (χ0n) is 11.1. The van der Waals surface area contributed by atoms with E-state index >= 15 is 0 Å². The lowest BCUT2D eigenvalue weighted by atomic mass is 10.1. The van der Waals surface area contributed by atoms with E-state index < -0.39 is 0 Å². The number of aromatic nitrogens is 2. The van der Waals surface area contributed by atoms with E-state index in [1.165, 1.54) is 0 Å². The molecule has 5 heteroatoms. The van der Waals surface area contributed by atoms with Crippen LogP contribution in [0.4, 0.5) is 0 Å². The fourth-order valence-corrected chi connectivity index (χ4v) is 1.80. The van der Waals surface area contributed by atoms with Crippen LogP contribution in [-0.2, 0) is 0 Å². The maximum atomic E-state index is 12.0. The van der Waals surface area contributed by atoms with Gasteiger partial charge in [-0.2, -0.15) is 5.10 Å². The van der Waals surface area contributed by atoms with Gasteiger partial charge in [0.1, 0.15) is 0 Å². The predicted molar refractivity (Wildman–Crippen MR) is 75.8 cm³/mol. The Bertz CT molecular complexity index is 599. The van der Waals surface area contributed by atoms with Crippen LogP contribution in [0.25, 0.3) is 5.69 Å². The molecule has 0 atom stereocenters. The number of carbonyl (C=O) groups excluding carboxylic acids is 1. The second-order valence-corrected chi connectivity index (χ2v) is 5.77. The van der Waals surface area contributed by atoms with E-state index in [1.807, 2.05) is 32.9 Å². The molecule has 0 saturated carbocycles. The molecule has 0 spiro atoms. The molecule has 0 bridgehead atoms. The summed E-state index contributed by atoms with van der Waals surface area (Å²) in [5, 5.41) is 7.76. The molecule has 0 aliphatic heterocycles. The third-order valence-corrected chi connectivity index (χ3v) is 2.62. The minimum Gasteiger partial charge on any atom is -0.346 e. The molecule has 1 heterocycles. The van der Waals surface area contributed by atoms with Crippen molar-refractivity contribution in [2.75, 3.05) is 0 Å². The Morgan fingerprint density at radius 1 is 1.32 bits per heavy atom. The zero-order chi connectivity index (χ0) is 14.0. The summed E-state index contributed by atoms with van der Waals surface area (Å²) < 4.78 is 1.63. The van der Waals surface area contributed by atoms with Crippen molar-refractivity contribution in [2.45, 2.75) is 26.3 Å². The van der Waals surface area contributed by atoms with E-state index in [4.69, 9.17) is 11.6 Å². The average Bonchev–Trinajstić information content (AvgIpc) is 2.75. The first kappa shape index (κ1) is 13.6. The fraction of sp³-hybridized carbons (Fsp3) is 0.286. The molecule has 2 aromatic rings. The second-order valence-electron chi connectivity index (χ2n) is 5.33. The Balaban J connectivity index is 2.22. The zero-order valence-corrected chi connectivity index (χ0v) is 11.9. The summed E-state index contributed by atoms with van der Waals surface area (Å²) >= 11 is 5.93. The van der Waals surface area contributed by atoms with Gasteiger partial charge in [-0.05, 0) is 45.0 Å². The van der Waals surface area contributed by atoms with E-state index in [-0.39, 0.29) is 11.4 Å². The highest BCUT2D eigenvalue weighted by atomic mass is 35.5. The highest BCUT2D eigenvalue weighted by molar-refractivity contribution is 6.30. The van der Waals surface area contributed by atoms with Crippen molar-refractivity contribution >= 4 is 17.5 Å². The van der Waals surface area contributed by atoms with Gasteiger partial charge in [-0.25, -0.2) is 4.68 Å². The summed E-state index contributed by atoms with van der Waals surface area (Å²) in [4.78, 5) is 12.0. The van der Waals surface area contributed by atoms with Gasteiger partial charge in [0, 0.05) is 16.8 Å². The number of benzene rings is 1. The van der Waals surface area contributed by atoms with Crippen LogP contribution in [0, 0.1) is 0 Å². The molecule has 0 saturated heterocycles.